The fraction of sp³-hybridized carbons (Fsp3) is 0.545. The molecule has 1 aliphatic heterocycles. The number of nitrogens with zero attached hydrogens (tertiary/aromatic N) is 2. The molecule has 0 atom stereocenters. The van der Waals surface area contributed by atoms with E-state index in [2.05, 4.69) is 10.3 Å². The molecule has 0 amide bonds. The van der Waals surface area contributed by atoms with E-state index in [0.29, 0.717) is 37.8 Å². The average molecular weight is 261 g/mol. The molecule has 1 aromatic heterocycles. The highest BCUT2D eigenvalue weighted by Gasteiger charge is 2.33. The minimum absolute atomic E-state index is 0.329. The molecule has 1 saturated heterocycles. The number of halogens is 3. The van der Waals surface area contributed by atoms with E-state index < -0.39 is 11.9 Å². The van der Waals surface area contributed by atoms with Crippen molar-refractivity contribution in [2.75, 3.05) is 43.6 Å². The third kappa shape index (κ3) is 2.66. The van der Waals surface area contributed by atoms with Crippen LogP contribution in [-0.4, -0.2) is 38.3 Å². The Morgan fingerprint density at radius 1 is 1.28 bits per heavy atom. The first-order valence-electron chi connectivity index (χ1n) is 5.61. The van der Waals surface area contributed by atoms with Gasteiger partial charge < -0.3 is 15.0 Å². The molecule has 0 saturated carbocycles. The summed E-state index contributed by atoms with van der Waals surface area (Å²) in [6.07, 6.45) is -4.42. The molecule has 0 aliphatic carbocycles. The normalized spacial score (nSPS) is 16.8. The lowest BCUT2D eigenvalue weighted by atomic mass is 10.2. The molecule has 0 aromatic carbocycles. The van der Waals surface area contributed by atoms with Crippen LogP contribution in [-0.2, 0) is 10.9 Å². The number of nitrogens with one attached hydrogen (secondary N) is 1. The topological polar surface area (TPSA) is 37.4 Å². The van der Waals surface area contributed by atoms with E-state index in [0.717, 1.165) is 6.07 Å². The zero-order chi connectivity index (χ0) is 13.2. The van der Waals surface area contributed by atoms with Crippen LogP contribution in [0.3, 0.4) is 0 Å². The van der Waals surface area contributed by atoms with Gasteiger partial charge in [0.2, 0.25) is 0 Å². The molecule has 1 N–H and O–H groups in total. The smallest absolute Gasteiger partial charge is 0.385 e. The van der Waals surface area contributed by atoms with Gasteiger partial charge in [-0.3, -0.25) is 0 Å². The van der Waals surface area contributed by atoms with E-state index in [1.165, 1.54) is 6.07 Å². The SMILES string of the molecule is CNc1ccc(C(F)(F)F)nc1N1CCOCC1. The van der Waals surface area contributed by atoms with Crippen LogP contribution in [0.1, 0.15) is 5.69 Å². The number of rotatable bonds is 2. The summed E-state index contributed by atoms with van der Waals surface area (Å²) in [7, 11) is 1.66. The van der Waals surface area contributed by atoms with Crippen molar-refractivity contribution in [3.63, 3.8) is 0 Å². The Balaban J connectivity index is 2.35. The molecular weight excluding hydrogens is 247 g/mol. The van der Waals surface area contributed by atoms with Gasteiger partial charge >= 0.3 is 6.18 Å². The summed E-state index contributed by atoms with van der Waals surface area (Å²) in [6, 6.07) is 2.39. The zero-order valence-corrected chi connectivity index (χ0v) is 9.92. The number of aromatic nitrogens is 1. The van der Waals surface area contributed by atoms with Gasteiger partial charge in [-0.05, 0) is 12.1 Å². The van der Waals surface area contributed by atoms with Crippen molar-refractivity contribution in [3.05, 3.63) is 17.8 Å². The van der Waals surface area contributed by atoms with E-state index >= 15 is 0 Å². The summed E-state index contributed by atoms with van der Waals surface area (Å²) < 4.78 is 43.1. The quantitative estimate of drug-likeness (QED) is 0.883. The molecule has 1 aliphatic rings. The number of anilines is 2. The molecule has 2 rings (SSSR count). The minimum Gasteiger partial charge on any atom is -0.385 e. The monoisotopic (exact) mass is 261 g/mol. The molecule has 0 radical (unpaired) electrons. The van der Waals surface area contributed by atoms with E-state index in [9.17, 15) is 13.2 Å². The number of pyridine rings is 1. The average Bonchev–Trinajstić information content (AvgIpc) is 2.38. The maximum absolute atomic E-state index is 12.6. The van der Waals surface area contributed by atoms with Gasteiger partial charge in [-0.1, -0.05) is 0 Å². The molecule has 0 spiro atoms. The summed E-state index contributed by atoms with van der Waals surface area (Å²) >= 11 is 0. The standard InChI is InChI=1S/C11H14F3N3O/c1-15-8-2-3-9(11(12,13)14)16-10(8)17-4-6-18-7-5-17/h2-3,15H,4-7H2,1H3. The van der Waals surface area contributed by atoms with Crippen LogP contribution in [0.2, 0.25) is 0 Å². The summed E-state index contributed by atoms with van der Waals surface area (Å²) in [4.78, 5) is 5.52. The third-order valence-corrected chi connectivity index (χ3v) is 2.75. The Labute approximate surface area is 103 Å². The van der Waals surface area contributed by atoms with Crippen LogP contribution >= 0.6 is 0 Å². The van der Waals surface area contributed by atoms with Gasteiger partial charge in [-0.25, -0.2) is 4.98 Å². The van der Waals surface area contributed by atoms with Crippen LogP contribution < -0.4 is 10.2 Å². The largest absolute Gasteiger partial charge is 0.433 e. The van der Waals surface area contributed by atoms with Crippen molar-refractivity contribution in [3.8, 4) is 0 Å². The van der Waals surface area contributed by atoms with Crippen LogP contribution in [0, 0.1) is 0 Å². The van der Waals surface area contributed by atoms with Gasteiger partial charge in [0.1, 0.15) is 5.69 Å². The third-order valence-electron chi connectivity index (χ3n) is 2.75. The summed E-state index contributed by atoms with van der Waals surface area (Å²) in [5.41, 5.74) is -0.284. The molecule has 2 heterocycles. The Bertz CT molecular complexity index is 416. The Hall–Kier alpha value is -1.50. The zero-order valence-electron chi connectivity index (χ0n) is 9.92. The first kappa shape index (κ1) is 12.9. The van der Waals surface area contributed by atoms with Crippen LogP contribution in [0.15, 0.2) is 12.1 Å². The molecule has 0 bridgehead atoms. The number of hydrogen-bond acceptors (Lipinski definition) is 4. The molecule has 18 heavy (non-hydrogen) atoms. The van der Waals surface area contributed by atoms with Gasteiger partial charge in [0, 0.05) is 20.1 Å². The van der Waals surface area contributed by atoms with E-state index in [-0.39, 0.29) is 0 Å². The Morgan fingerprint density at radius 2 is 1.94 bits per heavy atom. The van der Waals surface area contributed by atoms with Crippen LogP contribution in [0.4, 0.5) is 24.7 Å². The highest BCUT2D eigenvalue weighted by Crippen LogP contribution is 2.32. The first-order valence-corrected chi connectivity index (χ1v) is 5.61. The minimum atomic E-state index is -4.42. The molecule has 100 valence electrons. The van der Waals surface area contributed by atoms with Crippen molar-refractivity contribution in [2.45, 2.75) is 6.18 Å². The maximum Gasteiger partial charge on any atom is 0.433 e. The number of ether oxygens (including phenoxy) is 1. The molecule has 4 nitrogen and oxygen atoms in total. The summed E-state index contributed by atoms with van der Waals surface area (Å²) in [6.45, 7) is 2.09. The number of morpholine rings is 1. The Kier molecular flexibility index (Phi) is 3.60. The lowest BCUT2D eigenvalue weighted by Crippen LogP contribution is -2.37. The second-order valence-corrected chi connectivity index (χ2v) is 3.91. The summed E-state index contributed by atoms with van der Waals surface area (Å²) in [5, 5.41) is 2.86. The van der Waals surface area contributed by atoms with Crippen molar-refractivity contribution < 1.29 is 17.9 Å². The fourth-order valence-electron chi connectivity index (χ4n) is 1.82. The van der Waals surface area contributed by atoms with Gasteiger partial charge in [0.05, 0.1) is 18.9 Å². The van der Waals surface area contributed by atoms with Crippen molar-refractivity contribution in [1.29, 1.82) is 0 Å². The maximum atomic E-state index is 12.6. The van der Waals surface area contributed by atoms with Crippen molar-refractivity contribution in [2.24, 2.45) is 0 Å². The second-order valence-electron chi connectivity index (χ2n) is 3.91. The van der Waals surface area contributed by atoms with Gasteiger partial charge in [-0.2, -0.15) is 13.2 Å². The molecule has 1 fully saturated rings. The van der Waals surface area contributed by atoms with E-state index in [1.807, 2.05) is 0 Å². The molecule has 7 heteroatoms. The summed E-state index contributed by atoms with van der Waals surface area (Å²) in [5.74, 6) is 0.329. The van der Waals surface area contributed by atoms with Crippen LogP contribution in [0.25, 0.3) is 0 Å². The van der Waals surface area contributed by atoms with Crippen molar-refractivity contribution in [1.82, 2.24) is 4.98 Å². The first-order chi connectivity index (χ1) is 8.52. The Morgan fingerprint density at radius 3 is 2.50 bits per heavy atom. The van der Waals surface area contributed by atoms with Gasteiger partial charge in [0.25, 0.3) is 0 Å². The van der Waals surface area contributed by atoms with Crippen LogP contribution in [0.5, 0.6) is 0 Å². The van der Waals surface area contributed by atoms with Crippen molar-refractivity contribution >= 4 is 11.5 Å². The van der Waals surface area contributed by atoms with E-state index in [1.54, 1.807) is 11.9 Å². The lowest BCUT2D eigenvalue weighted by Gasteiger charge is -2.29. The molecular formula is C11H14F3N3O. The van der Waals surface area contributed by atoms with Gasteiger partial charge in [0.15, 0.2) is 5.82 Å². The lowest BCUT2D eigenvalue weighted by molar-refractivity contribution is -0.141. The number of hydrogen-bond donors (Lipinski definition) is 1. The fourth-order valence-corrected chi connectivity index (χ4v) is 1.82. The predicted molar refractivity (Wildman–Crippen MR) is 61.8 cm³/mol. The number of alkyl halides is 3. The highest BCUT2D eigenvalue weighted by molar-refractivity contribution is 5.66. The highest BCUT2D eigenvalue weighted by atomic mass is 19.4. The molecule has 0 unspecified atom stereocenters. The molecule has 1 aromatic rings. The van der Waals surface area contributed by atoms with Gasteiger partial charge in [-0.15, -0.1) is 0 Å². The van der Waals surface area contributed by atoms with E-state index in [4.69, 9.17) is 4.74 Å². The predicted octanol–water partition coefficient (Wildman–Crippen LogP) is 1.98. The second kappa shape index (κ2) is 5.01.